The van der Waals surface area contributed by atoms with Crippen LogP contribution in [0, 0.1) is 0 Å². The van der Waals surface area contributed by atoms with Crippen LogP contribution in [-0.4, -0.2) is 0 Å². The van der Waals surface area contributed by atoms with Gasteiger partial charge in [0.2, 0.25) is 0 Å². The van der Waals surface area contributed by atoms with Gasteiger partial charge in [0.05, 0.1) is 11.1 Å². The molecule has 8 aromatic rings. The van der Waals surface area contributed by atoms with Gasteiger partial charge in [0.1, 0.15) is 22.3 Å². The maximum atomic E-state index is 6.29. The third-order valence-corrected chi connectivity index (χ3v) is 7.24. The van der Waals surface area contributed by atoms with Gasteiger partial charge in [0, 0.05) is 27.5 Å². The zero-order valence-electron chi connectivity index (χ0n) is 19.9. The number of para-hydroxylation sites is 2. The third-order valence-electron chi connectivity index (χ3n) is 7.24. The lowest BCUT2D eigenvalue weighted by Crippen LogP contribution is -2.10. The molecule has 0 saturated heterocycles. The van der Waals surface area contributed by atoms with Gasteiger partial charge in [-0.05, 0) is 65.4 Å². The zero-order chi connectivity index (χ0) is 24.3. The Morgan fingerprint density at radius 1 is 0.405 bits per heavy atom. The van der Waals surface area contributed by atoms with Crippen molar-refractivity contribution >= 4 is 71.7 Å². The molecule has 174 valence electrons. The first-order valence-corrected chi connectivity index (χ1v) is 12.4. The monoisotopic (exact) mass is 475 g/mol. The molecular formula is C34H21NO2. The molecule has 0 amide bonds. The van der Waals surface area contributed by atoms with Gasteiger partial charge in [-0.3, -0.25) is 0 Å². The number of hydrogen-bond acceptors (Lipinski definition) is 3. The Bertz CT molecular complexity index is 2100. The normalized spacial score (nSPS) is 11.8. The second-order valence-corrected chi connectivity index (χ2v) is 9.36. The van der Waals surface area contributed by atoms with Crippen LogP contribution in [0.5, 0.6) is 0 Å². The van der Waals surface area contributed by atoms with Crippen LogP contribution in [0.3, 0.4) is 0 Å². The molecule has 0 aliphatic heterocycles. The van der Waals surface area contributed by atoms with Crippen molar-refractivity contribution in [2.24, 2.45) is 0 Å². The molecule has 0 saturated carbocycles. The van der Waals surface area contributed by atoms with Crippen LogP contribution in [0.4, 0.5) is 17.1 Å². The minimum absolute atomic E-state index is 0.875. The number of hydrogen-bond donors (Lipinski definition) is 0. The largest absolute Gasteiger partial charge is 0.456 e. The minimum atomic E-state index is 0.875. The molecule has 37 heavy (non-hydrogen) atoms. The summed E-state index contributed by atoms with van der Waals surface area (Å²) in [6, 6.07) is 44.2. The van der Waals surface area contributed by atoms with E-state index in [1.54, 1.807) is 0 Å². The fourth-order valence-electron chi connectivity index (χ4n) is 5.62. The molecule has 2 heterocycles. The Hall–Kier alpha value is -5.02. The Morgan fingerprint density at radius 2 is 1.08 bits per heavy atom. The Kier molecular flexibility index (Phi) is 4.23. The molecule has 8 rings (SSSR count). The van der Waals surface area contributed by atoms with Crippen molar-refractivity contribution in [2.45, 2.75) is 0 Å². The summed E-state index contributed by atoms with van der Waals surface area (Å²) < 4.78 is 12.5. The number of nitrogens with zero attached hydrogens (tertiary/aromatic N) is 1. The second-order valence-electron chi connectivity index (χ2n) is 9.36. The standard InChI is InChI=1S/C34H21NO2/c1-2-10-23(11-3-1)35(28-14-8-16-31-34(28)26-13-6-7-15-29(26)36-31)24-18-20-30-27(21-24)33-25-12-5-4-9-22(25)17-19-32(33)37-30/h1-21H. The Labute approximate surface area is 212 Å². The predicted octanol–water partition coefficient (Wildman–Crippen LogP) is 10.1. The van der Waals surface area contributed by atoms with Crippen molar-refractivity contribution in [3.05, 3.63) is 127 Å². The van der Waals surface area contributed by atoms with Crippen LogP contribution in [0.2, 0.25) is 0 Å². The number of benzene rings is 6. The lowest BCUT2D eigenvalue weighted by atomic mass is 10.0. The first-order valence-electron chi connectivity index (χ1n) is 12.4. The minimum Gasteiger partial charge on any atom is -0.456 e. The van der Waals surface area contributed by atoms with Gasteiger partial charge in [0.15, 0.2) is 0 Å². The van der Waals surface area contributed by atoms with Gasteiger partial charge in [-0.15, -0.1) is 0 Å². The third kappa shape index (κ3) is 3.01. The highest BCUT2D eigenvalue weighted by atomic mass is 16.3. The SMILES string of the molecule is c1ccc(N(c2ccc3oc4ccc5ccccc5c4c3c2)c2cccc3oc4ccccc4c23)cc1. The molecule has 3 nitrogen and oxygen atoms in total. The Morgan fingerprint density at radius 3 is 1.97 bits per heavy atom. The highest BCUT2D eigenvalue weighted by Gasteiger charge is 2.20. The first-order chi connectivity index (χ1) is 18.3. The first kappa shape index (κ1) is 20.2. The van der Waals surface area contributed by atoms with E-state index in [1.807, 2.05) is 18.2 Å². The van der Waals surface area contributed by atoms with Crippen LogP contribution < -0.4 is 4.90 Å². The van der Waals surface area contributed by atoms with Crippen molar-refractivity contribution in [2.75, 3.05) is 4.90 Å². The lowest BCUT2D eigenvalue weighted by Gasteiger charge is -2.26. The maximum Gasteiger partial charge on any atom is 0.137 e. The zero-order valence-corrected chi connectivity index (χ0v) is 19.9. The van der Waals surface area contributed by atoms with Crippen molar-refractivity contribution in [1.29, 1.82) is 0 Å². The summed E-state index contributed by atoms with van der Waals surface area (Å²) in [5.74, 6) is 0. The van der Waals surface area contributed by atoms with E-state index >= 15 is 0 Å². The van der Waals surface area contributed by atoms with E-state index < -0.39 is 0 Å². The van der Waals surface area contributed by atoms with E-state index in [9.17, 15) is 0 Å². The topological polar surface area (TPSA) is 29.5 Å². The fourth-order valence-corrected chi connectivity index (χ4v) is 5.62. The molecule has 6 aromatic carbocycles. The highest BCUT2D eigenvalue weighted by molar-refractivity contribution is 6.20. The highest BCUT2D eigenvalue weighted by Crippen LogP contribution is 2.44. The van der Waals surface area contributed by atoms with Gasteiger partial charge in [-0.25, -0.2) is 0 Å². The van der Waals surface area contributed by atoms with E-state index in [-0.39, 0.29) is 0 Å². The van der Waals surface area contributed by atoms with Crippen LogP contribution in [0.25, 0.3) is 54.6 Å². The summed E-state index contributed by atoms with van der Waals surface area (Å²) >= 11 is 0. The van der Waals surface area contributed by atoms with Gasteiger partial charge >= 0.3 is 0 Å². The summed E-state index contributed by atoms with van der Waals surface area (Å²) in [6.07, 6.45) is 0. The Balaban J connectivity index is 1.45. The van der Waals surface area contributed by atoms with Crippen LogP contribution >= 0.6 is 0 Å². The van der Waals surface area contributed by atoms with Crippen molar-refractivity contribution in [3.8, 4) is 0 Å². The van der Waals surface area contributed by atoms with Crippen molar-refractivity contribution in [3.63, 3.8) is 0 Å². The molecular weight excluding hydrogens is 454 g/mol. The molecule has 0 radical (unpaired) electrons. The molecule has 0 N–H and O–H groups in total. The van der Waals surface area contributed by atoms with E-state index in [0.717, 1.165) is 60.9 Å². The van der Waals surface area contributed by atoms with Gasteiger partial charge in [0.25, 0.3) is 0 Å². The molecule has 0 aliphatic rings. The van der Waals surface area contributed by atoms with Gasteiger partial charge in [-0.1, -0.05) is 72.8 Å². The molecule has 0 aliphatic carbocycles. The fraction of sp³-hybridized carbons (Fsp3) is 0. The quantitative estimate of drug-likeness (QED) is 0.255. The number of rotatable bonds is 3. The smallest absolute Gasteiger partial charge is 0.137 e. The van der Waals surface area contributed by atoms with E-state index in [2.05, 4.69) is 114 Å². The molecule has 0 atom stereocenters. The lowest BCUT2D eigenvalue weighted by molar-refractivity contribution is 0.668. The average Bonchev–Trinajstić information content (AvgIpc) is 3.52. The predicted molar refractivity (Wildman–Crippen MR) is 153 cm³/mol. The molecule has 3 heteroatoms. The number of fused-ring (bicyclic) bond motifs is 8. The molecule has 0 bridgehead atoms. The van der Waals surface area contributed by atoms with Crippen LogP contribution in [0.1, 0.15) is 0 Å². The summed E-state index contributed by atoms with van der Waals surface area (Å²) in [5, 5.41) is 6.87. The number of furan rings is 2. The second kappa shape index (κ2) is 7.74. The number of anilines is 3. The molecule has 2 aromatic heterocycles. The van der Waals surface area contributed by atoms with Crippen molar-refractivity contribution < 1.29 is 8.83 Å². The van der Waals surface area contributed by atoms with Crippen molar-refractivity contribution in [1.82, 2.24) is 0 Å². The van der Waals surface area contributed by atoms with Crippen LogP contribution in [0.15, 0.2) is 136 Å². The summed E-state index contributed by atoms with van der Waals surface area (Å²) in [7, 11) is 0. The maximum absolute atomic E-state index is 6.29. The molecule has 0 spiro atoms. The molecule has 0 unspecified atom stereocenters. The summed E-state index contributed by atoms with van der Waals surface area (Å²) in [6.45, 7) is 0. The summed E-state index contributed by atoms with van der Waals surface area (Å²) in [4.78, 5) is 2.31. The van der Waals surface area contributed by atoms with E-state index in [1.165, 1.54) is 10.8 Å². The van der Waals surface area contributed by atoms with Crippen LogP contribution in [-0.2, 0) is 0 Å². The van der Waals surface area contributed by atoms with E-state index in [0.29, 0.717) is 0 Å². The van der Waals surface area contributed by atoms with Gasteiger partial charge < -0.3 is 13.7 Å². The van der Waals surface area contributed by atoms with E-state index in [4.69, 9.17) is 8.83 Å². The average molecular weight is 476 g/mol. The summed E-state index contributed by atoms with van der Waals surface area (Å²) in [5.41, 5.74) is 6.77. The molecule has 0 fully saturated rings. The van der Waals surface area contributed by atoms with Gasteiger partial charge in [-0.2, -0.15) is 0 Å².